The van der Waals surface area contributed by atoms with Gasteiger partial charge in [0.15, 0.2) is 0 Å². The number of benzene rings is 1. The summed E-state index contributed by atoms with van der Waals surface area (Å²) in [6.45, 7) is 12.4. The van der Waals surface area contributed by atoms with Crippen molar-refractivity contribution in [1.82, 2.24) is 0 Å². The molecule has 1 aromatic heterocycles. The van der Waals surface area contributed by atoms with E-state index in [0.717, 1.165) is 28.0 Å². The van der Waals surface area contributed by atoms with Crippen molar-refractivity contribution >= 4 is 12.0 Å². The van der Waals surface area contributed by atoms with Crippen LogP contribution in [0.15, 0.2) is 46.6 Å². The molecule has 0 N–H and O–H groups in total. The zero-order valence-electron chi connectivity index (χ0n) is 20.0. The Morgan fingerprint density at radius 1 is 1.19 bits per heavy atom. The van der Waals surface area contributed by atoms with Gasteiger partial charge in [0.1, 0.15) is 11.5 Å². The molecule has 0 saturated carbocycles. The van der Waals surface area contributed by atoms with Crippen molar-refractivity contribution in [3.63, 3.8) is 0 Å². The average molecular weight is 443 g/mol. The van der Waals surface area contributed by atoms with E-state index in [4.69, 9.17) is 13.9 Å². The molecular weight excluding hydrogens is 407 g/mol. The lowest BCUT2D eigenvalue weighted by Crippen LogP contribution is -2.05. The van der Waals surface area contributed by atoms with E-state index in [1.165, 1.54) is 11.6 Å². The van der Waals surface area contributed by atoms with Crippen LogP contribution in [0.2, 0.25) is 0 Å². The average Bonchev–Trinajstić information content (AvgIpc) is 3.20. The topological polar surface area (TPSA) is 48.7 Å². The van der Waals surface area contributed by atoms with Crippen LogP contribution in [0, 0.1) is 0 Å². The van der Waals surface area contributed by atoms with E-state index in [0.29, 0.717) is 31.3 Å². The summed E-state index contributed by atoms with van der Waals surface area (Å²) >= 11 is 0. The highest BCUT2D eigenvalue weighted by molar-refractivity contribution is 5.84. The number of hydrogen-bond donors (Lipinski definition) is 0. The predicted octanol–water partition coefficient (Wildman–Crippen LogP) is 7.45. The summed E-state index contributed by atoms with van der Waals surface area (Å²) in [5, 5.41) is 0. The number of esters is 1. The van der Waals surface area contributed by atoms with E-state index in [2.05, 4.69) is 39.8 Å². The molecule has 32 heavy (non-hydrogen) atoms. The Labute approximate surface area is 191 Å². The van der Waals surface area contributed by atoms with Crippen molar-refractivity contribution in [3.8, 4) is 17.1 Å². The van der Waals surface area contributed by atoms with Gasteiger partial charge in [0, 0.05) is 18.1 Å². The summed E-state index contributed by atoms with van der Waals surface area (Å²) in [6, 6.07) is 6.15. The van der Waals surface area contributed by atoms with Crippen molar-refractivity contribution in [1.29, 1.82) is 0 Å². The highest BCUT2D eigenvalue weighted by atomic mass is 19.1. The van der Waals surface area contributed by atoms with Gasteiger partial charge in [-0.2, -0.15) is 0 Å². The van der Waals surface area contributed by atoms with E-state index < -0.39 is 6.67 Å². The van der Waals surface area contributed by atoms with Crippen molar-refractivity contribution < 1.29 is 23.1 Å². The van der Waals surface area contributed by atoms with Crippen LogP contribution in [-0.4, -0.2) is 25.9 Å². The van der Waals surface area contributed by atoms with Gasteiger partial charge in [-0.1, -0.05) is 45.9 Å². The third kappa shape index (κ3) is 6.84. The van der Waals surface area contributed by atoms with E-state index in [1.807, 2.05) is 25.1 Å². The number of halogens is 1. The van der Waals surface area contributed by atoms with Crippen molar-refractivity contribution in [2.75, 3.05) is 19.9 Å². The third-order valence-corrected chi connectivity index (χ3v) is 5.05. The monoisotopic (exact) mass is 442 g/mol. The minimum atomic E-state index is -0.419. The maximum absolute atomic E-state index is 12.7. The van der Waals surface area contributed by atoms with E-state index in [9.17, 15) is 9.18 Å². The first-order valence-electron chi connectivity index (χ1n) is 11.3. The van der Waals surface area contributed by atoms with Gasteiger partial charge in [-0.05, 0) is 54.5 Å². The molecule has 0 bridgehead atoms. The Hall–Kier alpha value is -2.82. The van der Waals surface area contributed by atoms with Crippen LogP contribution >= 0.6 is 0 Å². The molecule has 1 heterocycles. The number of allylic oxidation sites excluding steroid dienone is 2. The number of ether oxygens (including phenoxy) is 2. The molecular formula is C27H35FO4. The normalized spacial score (nSPS) is 12.2. The fraction of sp³-hybridized carbons (Fsp3) is 0.444. The van der Waals surface area contributed by atoms with E-state index in [1.54, 1.807) is 13.2 Å². The van der Waals surface area contributed by atoms with Crippen molar-refractivity contribution in [2.24, 2.45) is 0 Å². The summed E-state index contributed by atoms with van der Waals surface area (Å²) in [4.78, 5) is 11.7. The molecule has 174 valence electrons. The van der Waals surface area contributed by atoms with Crippen LogP contribution in [0.5, 0.6) is 5.75 Å². The minimum absolute atomic E-state index is 0.233. The maximum atomic E-state index is 12.7. The van der Waals surface area contributed by atoms with Gasteiger partial charge < -0.3 is 13.9 Å². The number of carbonyl (C=O) groups excluding carboxylic acids is 1. The van der Waals surface area contributed by atoms with Crippen molar-refractivity contribution in [2.45, 2.75) is 59.8 Å². The Morgan fingerprint density at radius 2 is 1.94 bits per heavy atom. The zero-order chi connectivity index (χ0) is 23.7. The Morgan fingerprint density at radius 3 is 2.56 bits per heavy atom. The van der Waals surface area contributed by atoms with Gasteiger partial charge in [0.05, 0.1) is 31.7 Å². The number of furan rings is 1. The molecule has 0 spiro atoms. The largest absolute Gasteiger partial charge is 0.492 e. The highest BCUT2D eigenvalue weighted by Gasteiger charge is 2.21. The summed E-state index contributed by atoms with van der Waals surface area (Å²) in [5.41, 5.74) is 4.76. The zero-order valence-corrected chi connectivity index (χ0v) is 20.0. The number of hydrogen-bond acceptors (Lipinski definition) is 4. The lowest BCUT2D eigenvalue weighted by Gasteiger charge is -2.20. The smallest absolute Gasteiger partial charge is 0.330 e. The van der Waals surface area contributed by atoms with Gasteiger partial charge in [-0.25, -0.2) is 4.79 Å². The molecule has 0 fully saturated rings. The fourth-order valence-corrected chi connectivity index (χ4v) is 3.30. The second-order valence-electron chi connectivity index (χ2n) is 8.37. The Kier molecular flexibility index (Phi) is 9.76. The van der Waals surface area contributed by atoms with Crippen LogP contribution in [0.1, 0.15) is 76.5 Å². The second kappa shape index (κ2) is 12.3. The second-order valence-corrected chi connectivity index (χ2v) is 8.37. The van der Waals surface area contributed by atoms with Gasteiger partial charge in [-0.3, -0.25) is 4.39 Å². The van der Waals surface area contributed by atoms with Gasteiger partial charge >= 0.3 is 5.97 Å². The predicted molar refractivity (Wildman–Crippen MR) is 128 cm³/mol. The van der Waals surface area contributed by atoms with Gasteiger partial charge in [-0.15, -0.1) is 0 Å². The van der Waals surface area contributed by atoms with Crippen LogP contribution in [-0.2, 0) is 9.53 Å². The molecule has 0 atom stereocenters. The summed E-state index contributed by atoms with van der Waals surface area (Å²) in [6.07, 6.45) is 7.20. The van der Waals surface area contributed by atoms with E-state index in [-0.39, 0.29) is 11.9 Å². The molecule has 0 aliphatic carbocycles. The van der Waals surface area contributed by atoms with E-state index >= 15 is 0 Å². The molecule has 1 aromatic carbocycles. The highest BCUT2D eigenvalue weighted by Crippen LogP contribution is 2.41. The van der Waals surface area contributed by atoms with Crippen LogP contribution < -0.4 is 4.74 Å². The van der Waals surface area contributed by atoms with Crippen LogP contribution in [0.3, 0.4) is 0 Å². The number of alkyl halides is 1. The Balaban J connectivity index is 2.54. The molecule has 4 nitrogen and oxygen atoms in total. The molecule has 0 saturated heterocycles. The number of rotatable bonds is 11. The minimum Gasteiger partial charge on any atom is -0.492 e. The van der Waals surface area contributed by atoms with Gasteiger partial charge in [0.2, 0.25) is 0 Å². The standard InChI is InChI=1S/C27H35FO4/c1-7-30-25(29)15-20(6)9-10-21-11-14-32-26(21)24-17-22(18(2)3)16-23(19(4)5)27(24)31-13-8-12-28/h9-11,14-19H,7-8,12-13H2,1-6H3/b10-9+,20-15+. The molecule has 0 aliphatic rings. The molecule has 0 amide bonds. The lowest BCUT2D eigenvalue weighted by atomic mass is 9.90. The molecule has 0 aliphatic heterocycles. The number of carbonyl (C=O) groups is 1. The quantitative estimate of drug-likeness (QED) is 0.157. The molecule has 0 unspecified atom stereocenters. The fourth-order valence-electron chi connectivity index (χ4n) is 3.30. The first kappa shape index (κ1) is 25.4. The lowest BCUT2D eigenvalue weighted by molar-refractivity contribution is -0.137. The third-order valence-electron chi connectivity index (χ3n) is 5.05. The van der Waals surface area contributed by atoms with Crippen LogP contribution in [0.4, 0.5) is 4.39 Å². The molecule has 2 aromatic rings. The molecule has 0 radical (unpaired) electrons. The first-order chi connectivity index (χ1) is 15.3. The first-order valence-corrected chi connectivity index (χ1v) is 11.3. The van der Waals surface area contributed by atoms with Crippen LogP contribution in [0.25, 0.3) is 17.4 Å². The Bertz CT molecular complexity index is 951. The summed E-state index contributed by atoms with van der Waals surface area (Å²) < 4.78 is 29.7. The molecule has 5 heteroatoms. The SMILES string of the molecule is CCOC(=O)/C=C(C)/C=C/c1ccoc1-c1cc(C(C)C)cc(C(C)C)c1OCCCF. The maximum Gasteiger partial charge on any atom is 0.330 e. The van der Waals surface area contributed by atoms with Crippen molar-refractivity contribution in [3.05, 3.63) is 58.9 Å². The van der Waals surface area contributed by atoms with Gasteiger partial charge in [0.25, 0.3) is 0 Å². The summed E-state index contributed by atoms with van der Waals surface area (Å²) in [5.74, 6) is 1.62. The summed E-state index contributed by atoms with van der Waals surface area (Å²) in [7, 11) is 0. The molecule has 2 rings (SSSR count).